The Labute approximate surface area is 119 Å². The second-order valence-corrected chi connectivity index (χ2v) is 6.60. The lowest BCUT2D eigenvalue weighted by Crippen LogP contribution is -2.51. The van der Waals surface area contributed by atoms with Crippen molar-refractivity contribution in [2.24, 2.45) is 5.41 Å². The standard InChI is InChI=1S/C15H23N3O2/c1-15(2,3)12-8-10(6-7-18(12)14(19)20)11-4-5-13(16)17-9-11/h4-5,9-10,12H,6-8H2,1-3H3,(H2,16,17)(H,19,20). The second kappa shape index (κ2) is 5.31. The molecule has 110 valence electrons. The van der Waals surface area contributed by atoms with Gasteiger partial charge in [-0.1, -0.05) is 26.8 Å². The van der Waals surface area contributed by atoms with Gasteiger partial charge in [-0.05, 0) is 35.8 Å². The molecule has 2 unspecified atom stereocenters. The summed E-state index contributed by atoms with van der Waals surface area (Å²) in [5.41, 5.74) is 6.70. The van der Waals surface area contributed by atoms with E-state index in [0.717, 1.165) is 18.4 Å². The van der Waals surface area contributed by atoms with Crippen LogP contribution in [-0.2, 0) is 0 Å². The zero-order valence-electron chi connectivity index (χ0n) is 12.3. The van der Waals surface area contributed by atoms with Crippen molar-refractivity contribution in [3.8, 4) is 0 Å². The maximum atomic E-state index is 11.4. The van der Waals surface area contributed by atoms with Gasteiger partial charge in [0.25, 0.3) is 0 Å². The fraction of sp³-hybridized carbons (Fsp3) is 0.600. The minimum absolute atomic E-state index is 0.0244. The minimum atomic E-state index is -0.821. The first-order chi connectivity index (χ1) is 9.29. The molecule has 1 aromatic heterocycles. The van der Waals surface area contributed by atoms with E-state index in [9.17, 15) is 9.90 Å². The summed E-state index contributed by atoms with van der Waals surface area (Å²) < 4.78 is 0. The smallest absolute Gasteiger partial charge is 0.407 e. The molecule has 1 aliphatic rings. The third-order valence-electron chi connectivity index (χ3n) is 4.13. The van der Waals surface area contributed by atoms with Gasteiger partial charge in [0.15, 0.2) is 0 Å². The lowest BCUT2D eigenvalue weighted by atomic mass is 9.75. The molecule has 5 heteroatoms. The van der Waals surface area contributed by atoms with Gasteiger partial charge in [-0.2, -0.15) is 0 Å². The number of pyridine rings is 1. The lowest BCUT2D eigenvalue weighted by Gasteiger charge is -2.44. The number of rotatable bonds is 1. The number of carbonyl (C=O) groups is 1. The monoisotopic (exact) mass is 277 g/mol. The molecule has 20 heavy (non-hydrogen) atoms. The summed E-state index contributed by atoms with van der Waals surface area (Å²) in [6.45, 7) is 6.86. The van der Waals surface area contributed by atoms with Gasteiger partial charge >= 0.3 is 6.09 Å². The van der Waals surface area contributed by atoms with E-state index in [2.05, 4.69) is 25.8 Å². The molecule has 0 spiro atoms. The Hall–Kier alpha value is -1.78. The van der Waals surface area contributed by atoms with E-state index < -0.39 is 6.09 Å². The topological polar surface area (TPSA) is 79.5 Å². The average Bonchev–Trinajstić information content (AvgIpc) is 2.38. The van der Waals surface area contributed by atoms with Crippen LogP contribution in [0.25, 0.3) is 0 Å². The van der Waals surface area contributed by atoms with Crippen LogP contribution in [0.15, 0.2) is 18.3 Å². The molecule has 0 aliphatic carbocycles. The number of hydrogen-bond donors (Lipinski definition) is 2. The zero-order valence-corrected chi connectivity index (χ0v) is 12.3. The zero-order chi connectivity index (χ0) is 14.9. The summed E-state index contributed by atoms with van der Waals surface area (Å²) in [6.07, 6.45) is 2.67. The van der Waals surface area contributed by atoms with Crippen molar-refractivity contribution in [2.45, 2.75) is 45.6 Å². The van der Waals surface area contributed by atoms with E-state index in [1.165, 1.54) is 0 Å². The van der Waals surface area contributed by atoms with Crippen LogP contribution in [0.3, 0.4) is 0 Å². The molecule has 0 aromatic carbocycles. The molecule has 1 aliphatic heterocycles. The molecule has 1 amide bonds. The third-order valence-corrected chi connectivity index (χ3v) is 4.13. The Balaban J connectivity index is 2.20. The average molecular weight is 277 g/mol. The Bertz CT molecular complexity index is 479. The van der Waals surface area contributed by atoms with E-state index in [0.29, 0.717) is 18.3 Å². The molecule has 2 atom stereocenters. The van der Waals surface area contributed by atoms with Crippen LogP contribution in [0.5, 0.6) is 0 Å². The molecular weight excluding hydrogens is 254 g/mol. The molecule has 5 nitrogen and oxygen atoms in total. The molecule has 2 heterocycles. The Kier molecular flexibility index (Phi) is 3.88. The summed E-state index contributed by atoms with van der Waals surface area (Å²) in [5, 5.41) is 9.36. The van der Waals surface area contributed by atoms with Crippen molar-refractivity contribution in [3.63, 3.8) is 0 Å². The largest absolute Gasteiger partial charge is 0.465 e. The number of nitrogen functional groups attached to an aromatic ring is 1. The van der Waals surface area contributed by atoms with Crippen molar-refractivity contribution in [1.29, 1.82) is 0 Å². The normalized spacial score (nSPS) is 23.6. The van der Waals surface area contributed by atoms with Gasteiger partial charge in [0.2, 0.25) is 0 Å². The molecule has 1 aromatic rings. The predicted molar refractivity (Wildman–Crippen MR) is 78.6 cm³/mol. The van der Waals surface area contributed by atoms with E-state index in [1.54, 1.807) is 4.90 Å². The number of amides is 1. The molecule has 3 N–H and O–H groups in total. The molecule has 0 saturated carbocycles. The highest BCUT2D eigenvalue weighted by Gasteiger charge is 2.38. The Morgan fingerprint density at radius 3 is 2.65 bits per heavy atom. The number of anilines is 1. The predicted octanol–water partition coefficient (Wildman–Crippen LogP) is 2.94. The number of carboxylic acid groups (broad SMARTS) is 1. The van der Waals surface area contributed by atoms with Crippen LogP contribution >= 0.6 is 0 Å². The maximum Gasteiger partial charge on any atom is 0.407 e. The van der Waals surface area contributed by atoms with Crippen molar-refractivity contribution in [1.82, 2.24) is 9.88 Å². The number of likely N-dealkylation sites (tertiary alicyclic amines) is 1. The van der Waals surface area contributed by atoms with Crippen LogP contribution < -0.4 is 5.73 Å². The van der Waals surface area contributed by atoms with Crippen molar-refractivity contribution >= 4 is 11.9 Å². The van der Waals surface area contributed by atoms with Gasteiger partial charge in [0, 0.05) is 18.8 Å². The van der Waals surface area contributed by atoms with Crippen molar-refractivity contribution in [2.75, 3.05) is 12.3 Å². The number of nitrogens with zero attached hydrogens (tertiary/aromatic N) is 2. The fourth-order valence-electron chi connectivity index (χ4n) is 2.98. The van der Waals surface area contributed by atoms with E-state index in [1.807, 2.05) is 18.3 Å². The Morgan fingerprint density at radius 2 is 2.15 bits per heavy atom. The van der Waals surface area contributed by atoms with Crippen LogP contribution in [0.2, 0.25) is 0 Å². The van der Waals surface area contributed by atoms with Gasteiger partial charge in [0.05, 0.1) is 0 Å². The van der Waals surface area contributed by atoms with Gasteiger partial charge in [-0.3, -0.25) is 0 Å². The summed E-state index contributed by atoms with van der Waals surface area (Å²) in [5.74, 6) is 0.868. The van der Waals surface area contributed by atoms with Crippen molar-refractivity contribution in [3.05, 3.63) is 23.9 Å². The molecule has 1 fully saturated rings. The fourth-order valence-corrected chi connectivity index (χ4v) is 2.98. The van der Waals surface area contributed by atoms with Gasteiger partial charge in [-0.25, -0.2) is 9.78 Å². The summed E-state index contributed by atoms with van der Waals surface area (Å²) in [7, 11) is 0. The van der Waals surface area contributed by atoms with Gasteiger partial charge < -0.3 is 15.7 Å². The van der Waals surface area contributed by atoms with E-state index >= 15 is 0 Å². The molecular formula is C15H23N3O2. The first-order valence-corrected chi connectivity index (χ1v) is 7.00. The van der Waals surface area contributed by atoms with Gasteiger partial charge in [-0.15, -0.1) is 0 Å². The Morgan fingerprint density at radius 1 is 1.45 bits per heavy atom. The SMILES string of the molecule is CC(C)(C)C1CC(c2ccc(N)nc2)CCN1C(=O)O. The van der Waals surface area contributed by atoms with Gasteiger partial charge in [0.1, 0.15) is 5.82 Å². The first kappa shape index (κ1) is 14.6. The summed E-state index contributed by atoms with van der Waals surface area (Å²) in [4.78, 5) is 17.1. The lowest BCUT2D eigenvalue weighted by molar-refractivity contribution is 0.0525. The minimum Gasteiger partial charge on any atom is -0.465 e. The highest BCUT2D eigenvalue weighted by Crippen LogP contribution is 2.38. The number of piperidine rings is 1. The number of nitrogens with two attached hydrogens (primary N) is 1. The van der Waals surface area contributed by atoms with Crippen LogP contribution in [-0.4, -0.2) is 33.7 Å². The van der Waals surface area contributed by atoms with Crippen LogP contribution in [0, 0.1) is 5.41 Å². The molecule has 0 radical (unpaired) electrons. The number of hydrogen-bond acceptors (Lipinski definition) is 3. The van der Waals surface area contributed by atoms with Crippen molar-refractivity contribution < 1.29 is 9.90 Å². The highest BCUT2D eigenvalue weighted by molar-refractivity contribution is 5.65. The number of aromatic nitrogens is 1. The maximum absolute atomic E-state index is 11.4. The first-order valence-electron chi connectivity index (χ1n) is 7.00. The summed E-state index contributed by atoms with van der Waals surface area (Å²) >= 11 is 0. The third kappa shape index (κ3) is 3.03. The summed E-state index contributed by atoms with van der Waals surface area (Å²) in [6, 6.07) is 3.84. The second-order valence-electron chi connectivity index (χ2n) is 6.60. The molecule has 2 rings (SSSR count). The van der Waals surface area contributed by atoms with E-state index in [-0.39, 0.29) is 11.5 Å². The quantitative estimate of drug-likeness (QED) is 0.827. The van der Waals surface area contributed by atoms with Crippen LogP contribution in [0.1, 0.15) is 45.1 Å². The molecule has 1 saturated heterocycles. The molecule has 0 bridgehead atoms. The van der Waals surface area contributed by atoms with Crippen LogP contribution in [0.4, 0.5) is 10.6 Å². The van der Waals surface area contributed by atoms with E-state index in [4.69, 9.17) is 5.73 Å². The highest BCUT2D eigenvalue weighted by atomic mass is 16.4.